The van der Waals surface area contributed by atoms with Crippen LogP contribution in [0.1, 0.15) is 43.0 Å². The molecule has 1 aromatic rings. The molecular weight excluding hydrogens is 389 g/mol. The van der Waals surface area contributed by atoms with Crippen LogP contribution in [0.25, 0.3) is 0 Å². The lowest BCUT2D eigenvalue weighted by atomic mass is 9.61. The number of fused-ring (bicyclic) bond motifs is 1. The van der Waals surface area contributed by atoms with E-state index in [1.165, 1.54) is 12.3 Å². The molecule has 2 saturated heterocycles. The second kappa shape index (κ2) is 8.98. The van der Waals surface area contributed by atoms with Gasteiger partial charge in [0.05, 0.1) is 37.0 Å². The normalized spacial score (nSPS) is 29.9. The molecule has 3 fully saturated rings. The van der Waals surface area contributed by atoms with Crippen molar-refractivity contribution >= 4 is 11.9 Å². The Labute approximate surface area is 176 Å². The molecule has 0 aromatic carbocycles. The minimum atomic E-state index is -0.687. The Morgan fingerprint density at radius 1 is 1.27 bits per heavy atom. The number of nitrogens with zero attached hydrogens (tertiary/aromatic N) is 3. The van der Waals surface area contributed by atoms with E-state index in [1.54, 1.807) is 4.90 Å². The minimum absolute atomic E-state index is 0.174. The number of rotatable bonds is 4. The summed E-state index contributed by atoms with van der Waals surface area (Å²) in [6, 6.07) is 1.64. The maximum absolute atomic E-state index is 13.6. The highest BCUT2D eigenvalue weighted by Crippen LogP contribution is 2.48. The molecule has 0 radical (unpaired) electrons. The number of halogens is 1. The Morgan fingerprint density at radius 3 is 2.80 bits per heavy atom. The van der Waals surface area contributed by atoms with Crippen LogP contribution in [0.2, 0.25) is 0 Å². The van der Waals surface area contributed by atoms with E-state index in [9.17, 15) is 14.0 Å². The number of hydrogen-bond acceptors (Lipinski definition) is 6. The van der Waals surface area contributed by atoms with E-state index in [4.69, 9.17) is 9.47 Å². The standard InChI is InChI=1S/C22H30FN3O4/c1-2-30-21(28)22-5-3-19(25-7-9-29-10-8-25)12-17(22)4-6-26(15-22)20(27)16-11-18(23)14-24-13-16/h11,13-14,17,19H,2-10,12,15H2,1H3/t17-,19-,22-/m1/s1. The number of hydrogen-bond donors (Lipinski definition) is 0. The number of ether oxygens (including phenoxy) is 2. The summed E-state index contributed by atoms with van der Waals surface area (Å²) in [5.41, 5.74) is -0.470. The lowest BCUT2D eigenvalue weighted by molar-refractivity contribution is -0.168. The van der Waals surface area contributed by atoms with Crippen LogP contribution in [-0.2, 0) is 14.3 Å². The lowest BCUT2D eigenvalue weighted by Crippen LogP contribution is -2.59. The molecule has 0 bridgehead atoms. The van der Waals surface area contributed by atoms with Gasteiger partial charge in [0.25, 0.3) is 5.91 Å². The van der Waals surface area contributed by atoms with Gasteiger partial charge in [-0.2, -0.15) is 0 Å². The highest BCUT2D eigenvalue weighted by molar-refractivity contribution is 5.94. The molecule has 1 aromatic heterocycles. The first-order valence-corrected chi connectivity index (χ1v) is 10.9. The van der Waals surface area contributed by atoms with Crippen molar-refractivity contribution in [1.29, 1.82) is 0 Å². The summed E-state index contributed by atoms with van der Waals surface area (Å²) in [5, 5.41) is 0. The maximum atomic E-state index is 13.6. The number of carbonyl (C=O) groups is 2. The van der Waals surface area contributed by atoms with E-state index < -0.39 is 11.2 Å². The molecule has 1 aliphatic carbocycles. The van der Waals surface area contributed by atoms with Gasteiger partial charge in [0.2, 0.25) is 0 Å². The highest BCUT2D eigenvalue weighted by Gasteiger charge is 2.54. The van der Waals surface area contributed by atoms with Crippen molar-refractivity contribution < 1.29 is 23.5 Å². The van der Waals surface area contributed by atoms with Gasteiger partial charge in [-0.05, 0) is 44.6 Å². The van der Waals surface area contributed by atoms with E-state index in [0.717, 1.165) is 51.8 Å². The van der Waals surface area contributed by atoms with Gasteiger partial charge < -0.3 is 14.4 Å². The molecular formula is C22H30FN3O4. The van der Waals surface area contributed by atoms with Crippen LogP contribution in [0.5, 0.6) is 0 Å². The Balaban J connectivity index is 1.53. The van der Waals surface area contributed by atoms with Crippen molar-refractivity contribution in [1.82, 2.24) is 14.8 Å². The summed E-state index contributed by atoms with van der Waals surface area (Å²) in [4.78, 5) is 34.1. The van der Waals surface area contributed by atoms with Gasteiger partial charge in [-0.1, -0.05) is 0 Å². The van der Waals surface area contributed by atoms with Crippen LogP contribution in [0.3, 0.4) is 0 Å². The Hall–Kier alpha value is -2.06. The topological polar surface area (TPSA) is 72.0 Å². The molecule has 3 atom stereocenters. The Morgan fingerprint density at radius 2 is 2.07 bits per heavy atom. The van der Waals surface area contributed by atoms with Crippen molar-refractivity contribution in [3.8, 4) is 0 Å². The zero-order chi connectivity index (χ0) is 21.1. The molecule has 3 heterocycles. The van der Waals surface area contributed by atoms with Gasteiger partial charge in [-0.25, -0.2) is 4.39 Å². The molecule has 164 valence electrons. The zero-order valence-electron chi connectivity index (χ0n) is 17.5. The Kier molecular flexibility index (Phi) is 6.34. The average molecular weight is 419 g/mol. The largest absolute Gasteiger partial charge is 0.466 e. The van der Waals surface area contributed by atoms with Crippen LogP contribution in [0.15, 0.2) is 18.5 Å². The quantitative estimate of drug-likeness (QED) is 0.697. The summed E-state index contributed by atoms with van der Waals surface area (Å²) in [7, 11) is 0. The fourth-order valence-electron chi connectivity index (χ4n) is 5.40. The summed E-state index contributed by atoms with van der Waals surface area (Å²) in [6.07, 6.45) is 5.74. The fraction of sp³-hybridized carbons (Fsp3) is 0.682. The van der Waals surface area contributed by atoms with Crippen LogP contribution in [0.4, 0.5) is 4.39 Å². The minimum Gasteiger partial charge on any atom is -0.466 e. The van der Waals surface area contributed by atoms with Gasteiger partial charge in [0, 0.05) is 38.4 Å². The number of amides is 1. The smallest absolute Gasteiger partial charge is 0.314 e. The molecule has 7 nitrogen and oxygen atoms in total. The predicted octanol–water partition coefficient (Wildman–Crippen LogP) is 2.12. The first-order valence-electron chi connectivity index (χ1n) is 10.9. The highest BCUT2D eigenvalue weighted by atomic mass is 19.1. The van der Waals surface area contributed by atoms with Crippen LogP contribution in [-0.4, -0.2) is 78.7 Å². The molecule has 30 heavy (non-hydrogen) atoms. The zero-order valence-corrected chi connectivity index (χ0v) is 17.5. The van der Waals surface area contributed by atoms with Gasteiger partial charge in [-0.3, -0.25) is 19.5 Å². The van der Waals surface area contributed by atoms with Crippen molar-refractivity contribution in [2.75, 3.05) is 46.0 Å². The van der Waals surface area contributed by atoms with Gasteiger partial charge in [0.1, 0.15) is 5.82 Å². The molecule has 0 N–H and O–H groups in total. The Bertz CT molecular complexity index is 785. The number of likely N-dealkylation sites (tertiary alicyclic amines) is 1. The summed E-state index contributed by atoms with van der Waals surface area (Å²) in [6.45, 7) is 6.39. The third-order valence-electron chi connectivity index (χ3n) is 6.97. The van der Waals surface area contributed by atoms with E-state index in [1.807, 2.05) is 6.92 Å². The lowest BCUT2D eigenvalue weighted by Gasteiger charge is -2.52. The molecule has 0 spiro atoms. The number of carbonyl (C=O) groups excluding carboxylic acids is 2. The van der Waals surface area contributed by atoms with Gasteiger partial charge in [-0.15, -0.1) is 0 Å². The van der Waals surface area contributed by atoms with Crippen molar-refractivity contribution in [3.63, 3.8) is 0 Å². The second-order valence-corrected chi connectivity index (χ2v) is 8.56. The second-order valence-electron chi connectivity index (χ2n) is 8.56. The number of pyridine rings is 1. The molecule has 0 unspecified atom stereocenters. The van der Waals surface area contributed by atoms with E-state index in [2.05, 4.69) is 9.88 Å². The number of piperidine rings is 1. The monoisotopic (exact) mass is 419 g/mol. The molecule has 1 saturated carbocycles. The maximum Gasteiger partial charge on any atom is 0.314 e. The predicted molar refractivity (Wildman–Crippen MR) is 107 cm³/mol. The third kappa shape index (κ3) is 4.07. The number of aromatic nitrogens is 1. The fourth-order valence-corrected chi connectivity index (χ4v) is 5.40. The molecule has 3 aliphatic rings. The SMILES string of the molecule is CCOC(=O)[C@@]12CC[C@@H](N3CCOCC3)C[C@H]1CCN(C(=O)c1cncc(F)c1)C2. The summed E-state index contributed by atoms with van der Waals surface area (Å²) in [5.74, 6) is -0.848. The van der Waals surface area contributed by atoms with E-state index >= 15 is 0 Å². The molecule has 4 rings (SSSR count). The third-order valence-corrected chi connectivity index (χ3v) is 6.97. The van der Waals surface area contributed by atoms with Gasteiger partial charge >= 0.3 is 5.97 Å². The average Bonchev–Trinajstić information content (AvgIpc) is 2.78. The van der Waals surface area contributed by atoms with Crippen molar-refractivity contribution in [3.05, 3.63) is 29.8 Å². The number of morpholine rings is 1. The van der Waals surface area contributed by atoms with Crippen LogP contribution in [0, 0.1) is 17.2 Å². The van der Waals surface area contributed by atoms with Crippen LogP contribution >= 0.6 is 0 Å². The molecule has 2 aliphatic heterocycles. The molecule has 8 heteroatoms. The van der Waals surface area contributed by atoms with Gasteiger partial charge in [0.15, 0.2) is 0 Å². The molecule has 1 amide bonds. The summed E-state index contributed by atoms with van der Waals surface area (Å²) >= 11 is 0. The van der Waals surface area contributed by atoms with E-state index in [0.29, 0.717) is 32.2 Å². The number of esters is 1. The summed E-state index contributed by atoms with van der Waals surface area (Å²) < 4.78 is 24.5. The van der Waals surface area contributed by atoms with Crippen molar-refractivity contribution in [2.24, 2.45) is 11.3 Å². The van der Waals surface area contributed by atoms with E-state index in [-0.39, 0.29) is 23.4 Å². The first kappa shape index (κ1) is 21.2. The van der Waals surface area contributed by atoms with Crippen LogP contribution < -0.4 is 0 Å². The van der Waals surface area contributed by atoms with Crippen molar-refractivity contribution in [2.45, 2.75) is 38.6 Å². The first-order chi connectivity index (χ1) is 14.5.